The topological polar surface area (TPSA) is 108 Å². The molecule has 8 nitrogen and oxygen atoms in total. The Kier molecular flexibility index (Phi) is 7.22. The molecular formula is C25H34ClN3O5. The zero-order chi connectivity index (χ0) is 24.5. The van der Waals surface area contributed by atoms with Crippen LogP contribution in [0, 0.1) is 11.8 Å². The maximum absolute atomic E-state index is 13.8. The Morgan fingerprint density at radius 1 is 1.15 bits per heavy atom. The fourth-order valence-electron chi connectivity index (χ4n) is 6.30. The molecule has 34 heavy (non-hydrogen) atoms. The zero-order valence-electron chi connectivity index (χ0n) is 19.8. The standard InChI is InChI=1S/C25H34ClN3O5/c1-3-24-12-13-25(34-24)19(18(24)21(31)27-2)23(33)29(14-6-4-5-7-15-30)20(25)22(32)28-17-10-8-16(26)9-11-17/h8-11,18-20,30H,3-7,12-15H2,1-2H3,(H,27,31)(H,28,32)/t18-,19+,20?,24+,25?/m1/s1. The molecule has 1 aromatic rings. The molecule has 3 heterocycles. The Labute approximate surface area is 205 Å². The van der Waals surface area contributed by atoms with Crippen LogP contribution in [0.1, 0.15) is 51.9 Å². The van der Waals surface area contributed by atoms with E-state index >= 15 is 0 Å². The van der Waals surface area contributed by atoms with E-state index in [0.717, 1.165) is 12.8 Å². The van der Waals surface area contributed by atoms with Crippen LogP contribution in [0.3, 0.4) is 0 Å². The van der Waals surface area contributed by atoms with E-state index in [1.165, 1.54) is 0 Å². The number of nitrogens with one attached hydrogen (secondary N) is 2. The van der Waals surface area contributed by atoms with Gasteiger partial charge in [0, 0.05) is 30.9 Å². The van der Waals surface area contributed by atoms with Crippen molar-refractivity contribution in [3.05, 3.63) is 29.3 Å². The number of carbonyl (C=O) groups is 3. The molecule has 3 amide bonds. The van der Waals surface area contributed by atoms with Gasteiger partial charge in [0.2, 0.25) is 17.7 Å². The van der Waals surface area contributed by atoms with Crippen LogP contribution < -0.4 is 10.6 Å². The largest absolute Gasteiger partial charge is 0.396 e. The summed E-state index contributed by atoms with van der Waals surface area (Å²) >= 11 is 5.99. The van der Waals surface area contributed by atoms with Crippen LogP contribution in [0.4, 0.5) is 5.69 Å². The molecular weight excluding hydrogens is 458 g/mol. The Morgan fingerprint density at radius 3 is 2.50 bits per heavy atom. The zero-order valence-corrected chi connectivity index (χ0v) is 20.6. The van der Waals surface area contributed by atoms with E-state index in [1.807, 2.05) is 6.92 Å². The van der Waals surface area contributed by atoms with Gasteiger partial charge >= 0.3 is 0 Å². The lowest BCUT2D eigenvalue weighted by Crippen LogP contribution is -2.53. The minimum Gasteiger partial charge on any atom is -0.396 e. The molecule has 3 aliphatic rings. The molecule has 3 saturated heterocycles. The van der Waals surface area contributed by atoms with Crippen molar-refractivity contribution in [1.82, 2.24) is 10.2 Å². The summed E-state index contributed by atoms with van der Waals surface area (Å²) in [6.45, 7) is 2.52. The number of nitrogens with zero attached hydrogens (tertiary/aromatic N) is 1. The first-order chi connectivity index (χ1) is 16.3. The van der Waals surface area contributed by atoms with Crippen molar-refractivity contribution in [2.24, 2.45) is 11.8 Å². The van der Waals surface area contributed by atoms with Crippen LogP contribution in [-0.2, 0) is 19.1 Å². The van der Waals surface area contributed by atoms with E-state index in [4.69, 9.17) is 21.4 Å². The van der Waals surface area contributed by atoms with E-state index in [-0.39, 0.29) is 24.3 Å². The van der Waals surface area contributed by atoms with Crippen LogP contribution in [0.25, 0.3) is 0 Å². The van der Waals surface area contributed by atoms with Crippen molar-refractivity contribution in [2.45, 2.75) is 69.1 Å². The second kappa shape index (κ2) is 9.84. The van der Waals surface area contributed by atoms with Gasteiger partial charge in [-0.05, 0) is 56.4 Å². The first kappa shape index (κ1) is 24.9. The van der Waals surface area contributed by atoms with Crippen LogP contribution in [0.2, 0.25) is 5.02 Å². The minimum absolute atomic E-state index is 0.140. The number of halogens is 1. The molecule has 9 heteroatoms. The number of carbonyl (C=O) groups excluding carboxylic acids is 3. The van der Waals surface area contributed by atoms with Gasteiger partial charge in [-0.3, -0.25) is 14.4 Å². The van der Waals surface area contributed by atoms with E-state index < -0.39 is 29.1 Å². The van der Waals surface area contributed by atoms with Crippen LogP contribution >= 0.6 is 11.6 Å². The van der Waals surface area contributed by atoms with E-state index in [2.05, 4.69) is 10.6 Å². The maximum Gasteiger partial charge on any atom is 0.250 e. The number of ether oxygens (including phenoxy) is 1. The molecule has 4 rings (SSSR count). The Balaban J connectivity index is 1.66. The first-order valence-electron chi connectivity index (χ1n) is 12.2. The Bertz CT molecular complexity index is 941. The predicted molar refractivity (Wildman–Crippen MR) is 128 cm³/mol. The summed E-state index contributed by atoms with van der Waals surface area (Å²) in [4.78, 5) is 42.2. The third kappa shape index (κ3) is 3.99. The molecule has 0 saturated carbocycles. The van der Waals surface area contributed by atoms with Crippen LogP contribution in [0.15, 0.2) is 24.3 Å². The fraction of sp³-hybridized carbons (Fsp3) is 0.640. The highest BCUT2D eigenvalue weighted by atomic mass is 35.5. The van der Waals surface area contributed by atoms with Gasteiger partial charge in [-0.1, -0.05) is 31.4 Å². The molecule has 3 fully saturated rings. The number of amides is 3. The number of fused-ring (bicyclic) bond motifs is 1. The van der Waals surface area contributed by atoms with Gasteiger partial charge in [0.25, 0.3) is 0 Å². The first-order valence-corrected chi connectivity index (χ1v) is 12.6. The highest BCUT2D eigenvalue weighted by Crippen LogP contribution is 2.64. The van der Waals surface area contributed by atoms with E-state index in [0.29, 0.717) is 49.4 Å². The number of hydrogen-bond donors (Lipinski definition) is 3. The number of rotatable bonds is 10. The van der Waals surface area contributed by atoms with E-state index in [1.54, 1.807) is 36.2 Å². The third-order valence-electron chi connectivity index (χ3n) is 7.88. The number of likely N-dealkylation sites (tertiary alicyclic amines) is 1. The van der Waals surface area contributed by atoms with Gasteiger partial charge in [0.05, 0.1) is 17.4 Å². The fourth-order valence-corrected chi connectivity index (χ4v) is 6.43. The van der Waals surface area contributed by atoms with Gasteiger partial charge in [-0.2, -0.15) is 0 Å². The van der Waals surface area contributed by atoms with Gasteiger partial charge in [-0.15, -0.1) is 0 Å². The summed E-state index contributed by atoms with van der Waals surface area (Å²) < 4.78 is 6.65. The average molecular weight is 492 g/mol. The second-order valence-electron chi connectivity index (χ2n) is 9.61. The summed E-state index contributed by atoms with van der Waals surface area (Å²) in [6.07, 6.45) is 4.91. The van der Waals surface area contributed by atoms with Gasteiger partial charge < -0.3 is 25.4 Å². The summed E-state index contributed by atoms with van der Waals surface area (Å²) in [5.41, 5.74) is -1.16. The maximum atomic E-state index is 13.8. The highest BCUT2D eigenvalue weighted by molar-refractivity contribution is 6.30. The smallest absolute Gasteiger partial charge is 0.250 e. The third-order valence-corrected chi connectivity index (χ3v) is 8.13. The number of hydrogen-bond acceptors (Lipinski definition) is 5. The molecule has 2 bridgehead atoms. The molecule has 0 aromatic heterocycles. The predicted octanol–water partition coefficient (Wildman–Crippen LogP) is 2.73. The number of unbranched alkanes of at least 4 members (excludes halogenated alkanes) is 3. The van der Waals surface area contributed by atoms with Crippen LogP contribution in [0.5, 0.6) is 0 Å². The Hall–Kier alpha value is -2.16. The Morgan fingerprint density at radius 2 is 1.85 bits per heavy atom. The number of benzene rings is 1. The highest BCUT2D eigenvalue weighted by Gasteiger charge is 2.78. The van der Waals surface area contributed by atoms with Crippen molar-refractivity contribution in [3.8, 4) is 0 Å². The molecule has 1 aromatic carbocycles. The van der Waals surface area contributed by atoms with Crippen molar-refractivity contribution in [2.75, 3.05) is 25.5 Å². The summed E-state index contributed by atoms with van der Waals surface area (Å²) in [7, 11) is 1.58. The lowest BCUT2D eigenvalue weighted by Gasteiger charge is -2.33. The van der Waals surface area contributed by atoms with Gasteiger partial charge in [-0.25, -0.2) is 0 Å². The monoisotopic (exact) mass is 491 g/mol. The van der Waals surface area contributed by atoms with Crippen LogP contribution in [-0.4, -0.2) is 65.2 Å². The molecule has 2 unspecified atom stereocenters. The number of aliphatic hydroxyl groups is 1. The van der Waals surface area contributed by atoms with Gasteiger partial charge in [0.15, 0.2) is 0 Å². The molecule has 5 atom stereocenters. The minimum atomic E-state index is -1.02. The van der Waals surface area contributed by atoms with E-state index in [9.17, 15) is 14.4 Å². The lowest BCUT2D eigenvalue weighted by atomic mass is 9.65. The quantitative estimate of drug-likeness (QED) is 0.436. The number of anilines is 1. The molecule has 3 aliphatic heterocycles. The van der Waals surface area contributed by atoms with Gasteiger partial charge in [0.1, 0.15) is 11.6 Å². The molecule has 0 aliphatic carbocycles. The van der Waals surface area contributed by atoms with Crippen molar-refractivity contribution in [3.63, 3.8) is 0 Å². The molecule has 186 valence electrons. The van der Waals surface area contributed by atoms with Crippen molar-refractivity contribution >= 4 is 35.0 Å². The molecule has 0 radical (unpaired) electrons. The summed E-state index contributed by atoms with van der Waals surface area (Å²) in [5, 5.41) is 15.3. The summed E-state index contributed by atoms with van der Waals surface area (Å²) in [6, 6.07) is 6.02. The second-order valence-corrected chi connectivity index (χ2v) is 10.0. The van der Waals surface area contributed by atoms with Crippen molar-refractivity contribution < 1.29 is 24.2 Å². The molecule has 3 N–H and O–H groups in total. The SMILES string of the molecule is CC[C@@]12CCC3(O1)C(C(=O)Nc1ccc(Cl)cc1)N(CCCCCCO)C(=O)[C@@H]3[C@@H]2C(=O)NC. The molecule has 1 spiro atoms. The summed E-state index contributed by atoms with van der Waals surface area (Å²) in [5.74, 6) is -1.99. The normalized spacial score (nSPS) is 31.6. The average Bonchev–Trinajstić information content (AvgIpc) is 3.43. The van der Waals surface area contributed by atoms with Crippen molar-refractivity contribution in [1.29, 1.82) is 0 Å². The lowest BCUT2D eigenvalue weighted by molar-refractivity contribution is -0.145. The number of aliphatic hydroxyl groups excluding tert-OH is 1.